The SMILES string of the molecule is CCCC[C@](O)(/C(C)=C\S(=O)c1ccc(C)cc1)c1ccc(C)cc1. The second-order valence-electron chi connectivity index (χ2n) is 6.74. The molecule has 0 aliphatic rings. The molecule has 3 heteroatoms. The third-order valence-corrected chi connectivity index (χ3v) is 5.92. The minimum Gasteiger partial charge on any atom is -0.381 e. The van der Waals surface area contributed by atoms with E-state index in [2.05, 4.69) is 6.92 Å². The second kappa shape index (κ2) is 8.59. The lowest BCUT2D eigenvalue weighted by atomic mass is 9.83. The number of benzene rings is 2. The molecule has 1 unspecified atom stereocenters. The molecule has 0 aliphatic heterocycles. The Morgan fingerprint density at radius 1 is 1.04 bits per heavy atom. The normalized spacial score (nSPS) is 15.6. The third kappa shape index (κ3) is 4.90. The lowest BCUT2D eigenvalue weighted by Gasteiger charge is -2.30. The predicted molar refractivity (Wildman–Crippen MR) is 106 cm³/mol. The molecule has 2 atom stereocenters. The molecule has 134 valence electrons. The number of hydrogen-bond acceptors (Lipinski definition) is 2. The molecule has 0 spiro atoms. The summed E-state index contributed by atoms with van der Waals surface area (Å²) in [6, 6.07) is 15.6. The fraction of sp³-hybridized carbons (Fsp3) is 0.364. The van der Waals surface area contributed by atoms with Crippen LogP contribution in [-0.2, 0) is 16.4 Å². The van der Waals surface area contributed by atoms with Gasteiger partial charge in [0.05, 0.1) is 10.8 Å². The molecule has 1 N–H and O–H groups in total. The number of unbranched alkanes of at least 4 members (excludes halogenated alkanes) is 1. The molecule has 0 saturated heterocycles. The van der Waals surface area contributed by atoms with Crippen molar-refractivity contribution in [2.24, 2.45) is 0 Å². The van der Waals surface area contributed by atoms with Gasteiger partial charge in [-0.05, 0) is 50.5 Å². The second-order valence-corrected chi connectivity index (χ2v) is 8.04. The average molecular weight is 357 g/mol. The van der Waals surface area contributed by atoms with Crippen LogP contribution in [0.3, 0.4) is 0 Å². The highest BCUT2D eigenvalue weighted by atomic mass is 32.2. The van der Waals surface area contributed by atoms with Crippen molar-refractivity contribution in [3.63, 3.8) is 0 Å². The highest BCUT2D eigenvalue weighted by Gasteiger charge is 2.31. The van der Waals surface area contributed by atoms with E-state index >= 15 is 0 Å². The van der Waals surface area contributed by atoms with E-state index < -0.39 is 16.4 Å². The first-order valence-electron chi connectivity index (χ1n) is 8.82. The van der Waals surface area contributed by atoms with Gasteiger partial charge in [-0.25, -0.2) is 4.21 Å². The summed E-state index contributed by atoms with van der Waals surface area (Å²) in [4.78, 5) is 0.756. The molecule has 0 amide bonds. The van der Waals surface area contributed by atoms with E-state index in [9.17, 15) is 9.32 Å². The van der Waals surface area contributed by atoms with Gasteiger partial charge in [-0.15, -0.1) is 0 Å². The van der Waals surface area contributed by atoms with Gasteiger partial charge in [0.1, 0.15) is 5.60 Å². The van der Waals surface area contributed by atoms with Gasteiger partial charge in [-0.3, -0.25) is 0 Å². The number of aryl methyl sites for hydroxylation is 2. The van der Waals surface area contributed by atoms with Gasteiger partial charge in [0, 0.05) is 10.3 Å². The monoisotopic (exact) mass is 356 g/mol. The third-order valence-electron chi connectivity index (χ3n) is 4.61. The van der Waals surface area contributed by atoms with Crippen molar-refractivity contribution >= 4 is 10.8 Å². The maximum atomic E-state index is 12.7. The quantitative estimate of drug-likeness (QED) is 0.722. The summed E-state index contributed by atoms with van der Waals surface area (Å²) in [5, 5.41) is 13.1. The van der Waals surface area contributed by atoms with E-state index in [1.54, 1.807) is 5.41 Å². The van der Waals surface area contributed by atoms with Crippen LogP contribution < -0.4 is 0 Å². The van der Waals surface area contributed by atoms with Gasteiger partial charge in [0.25, 0.3) is 0 Å². The molecule has 0 bridgehead atoms. The number of hydrogen-bond donors (Lipinski definition) is 1. The standard InChI is InChI=1S/C22H28O2S/c1-5-6-15-22(23,20-11-7-17(2)8-12-20)19(4)16-25(24)21-13-9-18(3)10-14-21/h7-14,16,23H,5-6,15H2,1-4H3/b19-16-/t22-,25?/m0/s1. The summed E-state index contributed by atoms with van der Waals surface area (Å²) >= 11 is 0. The number of rotatable bonds is 7. The zero-order valence-electron chi connectivity index (χ0n) is 15.6. The largest absolute Gasteiger partial charge is 0.381 e. The van der Waals surface area contributed by atoms with Crippen molar-refractivity contribution < 1.29 is 9.32 Å². The molecule has 0 saturated carbocycles. The maximum Gasteiger partial charge on any atom is 0.111 e. The fourth-order valence-electron chi connectivity index (χ4n) is 2.83. The predicted octanol–water partition coefficient (Wildman–Crippen LogP) is 5.39. The summed E-state index contributed by atoms with van der Waals surface area (Å²) in [5.74, 6) is 0. The molecule has 0 fully saturated rings. The summed E-state index contributed by atoms with van der Waals surface area (Å²) in [7, 11) is -1.27. The minimum absolute atomic E-state index is 0.625. The van der Waals surface area contributed by atoms with Crippen LogP contribution in [0.5, 0.6) is 0 Å². The highest BCUT2D eigenvalue weighted by Crippen LogP contribution is 2.35. The van der Waals surface area contributed by atoms with Crippen LogP contribution in [0.4, 0.5) is 0 Å². The van der Waals surface area contributed by atoms with Crippen molar-refractivity contribution in [2.45, 2.75) is 57.5 Å². The molecule has 2 aromatic carbocycles. The minimum atomic E-state index is -1.27. The Labute approximate surface area is 154 Å². The molecule has 0 heterocycles. The van der Waals surface area contributed by atoms with Crippen LogP contribution in [0.1, 0.15) is 49.8 Å². The Morgan fingerprint density at radius 2 is 1.56 bits per heavy atom. The van der Waals surface area contributed by atoms with Crippen molar-refractivity contribution in [1.82, 2.24) is 0 Å². The number of aliphatic hydroxyl groups is 1. The Balaban J connectivity index is 2.36. The summed E-state index contributed by atoms with van der Waals surface area (Å²) < 4.78 is 12.7. The molecule has 25 heavy (non-hydrogen) atoms. The van der Waals surface area contributed by atoms with E-state index in [0.29, 0.717) is 6.42 Å². The first-order chi connectivity index (χ1) is 11.9. The molecule has 0 aliphatic carbocycles. The zero-order chi connectivity index (χ0) is 18.4. The van der Waals surface area contributed by atoms with Crippen LogP contribution in [0.15, 0.2) is 64.4 Å². The average Bonchev–Trinajstić information content (AvgIpc) is 2.60. The van der Waals surface area contributed by atoms with Crippen molar-refractivity contribution in [3.8, 4) is 0 Å². The topological polar surface area (TPSA) is 37.3 Å². The Bertz CT molecular complexity index is 745. The molecule has 2 aromatic rings. The fourth-order valence-corrected chi connectivity index (χ4v) is 3.89. The molecular weight excluding hydrogens is 328 g/mol. The first kappa shape index (κ1) is 19.6. The summed E-state index contributed by atoms with van der Waals surface area (Å²) in [5.41, 5.74) is 2.82. The molecule has 0 aromatic heterocycles. The molecule has 2 nitrogen and oxygen atoms in total. The van der Waals surface area contributed by atoms with Gasteiger partial charge in [0.15, 0.2) is 0 Å². The van der Waals surface area contributed by atoms with Crippen LogP contribution >= 0.6 is 0 Å². The van der Waals surface area contributed by atoms with Crippen molar-refractivity contribution in [1.29, 1.82) is 0 Å². The van der Waals surface area contributed by atoms with Gasteiger partial charge < -0.3 is 5.11 Å². The van der Waals surface area contributed by atoms with E-state index in [4.69, 9.17) is 0 Å². The lowest BCUT2D eigenvalue weighted by molar-refractivity contribution is 0.0642. The maximum absolute atomic E-state index is 12.7. The Morgan fingerprint density at radius 3 is 2.08 bits per heavy atom. The van der Waals surface area contributed by atoms with E-state index in [1.165, 1.54) is 0 Å². The van der Waals surface area contributed by atoms with Crippen LogP contribution in [-0.4, -0.2) is 9.32 Å². The molecule has 0 radical (unpaired) electrons. The lowest BCUT2D eigenvalue weighted by Crippen LogP contribution is -2.27. The van der Waals surface area contributed by atoms with E-state index in [1.807, 2.05) is 69.3 Å². The van der Waals surface area contributed by atoms with Crippen molar-refractivity contribution in [3.05, 3.63) is 76.2 Å². The summed E-state index contributed by atoms with van der Waals surface area (Å²) in [6.07, 6.45) is 2.54. The molecule has 2 rings (SSSR count). The van der Waals surface area contributed by atoms with Gasteiger partial charge in [0.2, 0.25) is 0 Å². The Kier molecular flexibility index (Phi) is 6.74. The van der Waals surface area contributed by atoms with Gasteiger partial charge >= 0.3 is 0 Å². The molecular formula is C22H28O2S. The van der Waals surface area contributed by atoms with E-state index in [0.717, 1.165) is 40.0 Å². The van der Waals surface area contributed by atoms with Gasteiger partial charge in [-0.2, -0.15) is 0 Å². The van der Waals surface area contributed by atoms with Crippen LogP contribution in [0, 0.1) is 13.8 Å². The van der Waals surface area contributed by atoms with E-state index in [-0.39, 0.29) is 0 Å². The smallest absolute Gasteiger partial charge is 0.111 e. The summed E-state index contributed by atoms with van der Waals surface area (Å²) in [6.45, 7) is 8.03. The van der Waals surface area contributed by atoms with Crippen LogP contribution in [0.25, 0.3) is 0 Å². The van der Waals surface area contributed by atoms with Crippen molar-refractivity contribution in [2.75, 3.05) is 0 Å². The Hall–Kier alpha value is -1.71. The zero-order valence-corrected chi connectivity index (χ0v) is 16.4. The van der Waals surface area contributed by atoms with Gasteiger partial charge in [-0.1, -0.05) is 67.3 Å². The first-order valence-corrected chi connectivity index (χ1v) is 10.0. The highest BCUT2D eigenvalue weighted by molar-refractivity contribution is 7.88. The van der Waals surface area contributed by atoms with Crippen LogP contribution in [0.2, 0.25) is 0 Å².